The third-order valence-corrected chi connectivity index (χ3v) is 3.62. The Hall–Kier alpha value is -1.85. The van der Waals surface area contributed by atoms with Gasteiger partial charge in [-0.1, -0.05) is 18.2 Å². The maximum absolute atomic E-state index is 12.6. The summed E-state index contributed by atoms with van der Waals surface area (Å²) in [6, 6.07) is 4.64. The summed E-state index contributed by atoms with van der Waals surface area (Å²) >= 11 is 0. The zero-order chi connectivity index (χ0) is 13.1. The van der Waals surface area contributed by atoms with Gasteiger partial charge in [0.25, 0.3) is 0 Å². The molecule has 1 saturated heterocycles. The number of carbonyl (C=O) groups is 2. The molecule has 0 bridgehead atoms. The normalized spacial score (nSPS) is 30.1. The van der Waals surface area contributed by atoms with Gasteiger partial charge in [0, 0.05) is 0 Å². The second-order valence-electron chi connectivity index (χ2n) is 4.63. The van der Waals surface area contributed by atoms with Crippen molar-refractivity contribution in [2.24, 2.45) is 5.92 Å². The molecule has 18 heavy (non-hydrogen) atoms. The van der Waals surface area contributed by atoms with Gasteiger partial charge < -0.3 is 0 Å². The van der Waals surface area contributed by atoms with Gasteiger partial charge in [-0.2, -0.15) is 13.2 Å². The Morgan fingerprint density at radius 3 is 2.50 bits per heavy atom. The molecule has 2 atom stereocenters. The van der Waals surface area contributed by atoms with E-state index in [2.05, 4.69) is 5.32 Å². The summed E-state index contributed by atoms with van der Waals surface area (Å²) in [4.78, 5) is 23.0. The number of nitrogens with one attached hydrogen (secondary N) is 1. The number of hydrogen-bond acceptors (Lipinski definition) is 2. The highest BCUT2D eigenvalue weighted by Crippen LogP contribution is 2.58. The number of halogens is 3. The van der Waals surface area contributed by atoms with Gasteiger partial charge in [0.2, 0.25) is 11.8 Å². The molecule has 1 aliphatic carbocycles. The molecule has 94 valence electrons. The molecule has 1 saturated carbocycles. The number of fused-ring (bicyclic) bond motifs is 1. The van der Waals surface area contributed by atoms with Gasteiger partial charge >= 0.3 is 6.18 Å². The maximum atomic E-state index is 12.6. The summed E-state index contributed by atoms with van der Waals surface area (Å²) < 4.78 is 37.8. The number of piperidine rings is 1. The van der Waals surface area contributed by atoms with Crippen molar-refractivity contribution < 1.29 is 22.8 Å². The van der Waals surface area contributed by atoms with Gasteiger partial charge in [0.15, 0.2) is 0 Å². The van der Waals surface area contributed by atoms with Crippen molar-refractivity contribution >= 4 is 11.8 Å². The Balaban J connectivity index is 2.05. The monoisotopic (exact) mass is 255 g/mol. The number of benzene rings is 1. The number of amides is 2. The zero-order valence-corrected chi connectivity index (χ0v) is 9.04. The van der Waals surface area contributed by atoms with E-state index in [1.165, 1.54) is 12.1 Å². The molecule has 1 aromatic rings. The first kappa shape index (κ1) is 11.3. The van der Waals surface area contributed by atoms with E-state index in [-0.39, 0.29) is 5.56 Å². The Bertz CT molecular complexity index is 567. The van der Waals surface area contributed by atoms with Crippen LogP contribution in [0.2, 0.25) is 0 Å². The first-order valence-electron chi connectivity index (χ1n) is 5.39. The van der Waals surface area contributed by atoms with Crippen LogP contribution in [0.25, 0.3) is 0 Å². The van der Waals surface area contributed by atoms with Gasteiger partial charge in [-0.15, -0.1) is 0 Å². The van der Waals surface area contributed by atoms with E-state index in [9.17, 15) is 22.8 Å². The van der Waals surface area contributed by atoms with E-state index in [1.54, 1.807) is 0 Å². The second-order valence-corrected chi connectivity index (χ2v) is 4.63. The Labute approximate surface area is 100.0 Å². The van der Waals surface area contributed by atoms with Gasteiger partial charge in [-0.3, -0.25) is 14.9 Å². The van der Waals surface area contributed by atoms with E-state index in [0.29, 0.717) is 6.42 Å². The molecule has 3 nitrogen and oxygen atoms in total. The van der Waals surface area contributed by atoms with Crippen molar-refractivity contribution in [3.05, 3.63) is 35.4 Å². The fourth-order valence-electron chi connectivity index (χ4n) is 2.56. The lowest BCUT2D eigenvalue weighted by molar-refractivity contribution is -0.138. The molecule has 2 amide bonds. The van der Waals surface area contributed by atoms with Crippen LogP contribution in [0.3, 0.4) is 0 Å². The predicted octanol–water partition coefficient (Wildman–Crippen LogP) is 1.62. The van der Waals surface area contributed by atoms with Gasteiger partial charge in [0.05, 0.1) is 16.9 Å². The van der Waals surface area contributed by atoms with Crippen LogP contribution in [0.4, 0.5) is 13.2 Å². The minimum atomic E-state index is -4.45. The Kier molecular flexibility index (Phi) is 1.95. The highest BCUT2D eigenvalue weighted by Gasteiger charge is 2.69. The fraction of sp³-hybridized carbons (Fsp3) is 0.333. The molecular weight excluding hydrogens is 247 g/mol. The number of rotatable bonds is 1. The van der Waals surface area contributed by atoms with Crippen molar-refractivity contribution in [1.82, 2.24) is 5.32 Å². The topological polar surface area (TPSA) is 46.2 Å². The highest BCUT2D eigenvalue weighted by molar-refractivity contribution is 6.15. The molecule has 0 spiro atoms. The minimum absolute atomic E-state index is 0.269. The molecule has 2 aliphatic rings. The summed E-state index contributed by atoms with van der Waals surface area (Å²) in [5, 5.41) is 2.15. The lowest BCUT2D eigenvalue weighted by atomic mass is 9.93. The third kappa shape index (κ3) is 1.31. The van der Waals surface area contributed by atoms with Crippen molar-refractivity contribution in [3.8, 4) is 0 Å². The Morgan fingerprint density at radius 1 is 1.28 bits per heavy atom. The molecule has 0 radical (unpaired) electrons. The van der Waals surface area contributed by atoms with Gasteiger partial charge in [-0.05, 0) is 18.1 Å². The molecule has 1 aromatic carbocycles. The number of carbonyl (C=O) groups excluding carboxylic acids is 2. The molecule has 2 unspecified atom stereocenters. The zero-order valence-electron chi connectivity index (χ0n) is 9.04. The van der Waals surface area contributed by atoms with Crippen LogP contribution >= 0.6 is 0 Å². The average molecular weight is 255 g/mol. The minimum Gasteiger partial charge on any atom is -0.295 e. The van der Waals surface area contributed by atoms with Crippen molar-refractivity contribution in [2.45, 2.75) is 18.0 Å². The molecular formula is C12H8F3NO2. The van der Waals surface area contributed by atoms with Gasteiger partial charge in [0.1, 0.15) is 0 Å². The van der Waals surface area contributed by atoms with E-state index >= 15 is 0 Å². The predicted molar refractivity (Wildman–Crippen MR) is 54.4 cm³/mol. The van der Waals surface area contributed by atoms with Crippen LogP contribution in [0.5, 0.6) is 0 Å². The second kappa shape index (κ2) is 3.13. The summed E-state index contributed by atoms with van der Waals surface area (Å²) in [6.45, 7) is 0. The van der Waals surface area contributed by atoms with Crippen LogP contribution in [0.15, 0.2) is 24.3 Å². The number of hydrogen-bond donors (Lipinski definition) is 1. The summed E-state index contributed by atoms with van der Waals surface area (Å²) in [5.74, 6) is -1.39. The smallest absolute Gasteiger partial charge is 0.295 e. The molecule has 1 aliphatic heterocycles. The van der Waals surface area contributed by atoms with Crippen LogP contribution < -0.4 is 5.32 Å². The standard InChI is InChI=1S/C12H8F3NO2/c13-12(14,15)7-3-1-2-6(4-7)11-5-8(11)9(17)16-10(11)18/h1-4,8H,5H2,(H,16,17,18). The quantitative estimate of drug-likeness (QED) is 0.775. The molecule has 1 N–H and O–H groups in total. The number of alkyl halides is 3. The molecule has 2 fully saturated rings. The molecule has 6 heteroatoms. The first-order valence-corrected chi connectivity index (χ1v) is 5.39. The van der Waals surface area contributed by atoms with Crippen molar-refractivity contribution in [2.75, 3.05) is 0 Å². The van der Waals surface area contributed by atoms with E-state index in [0.717, 1.165) is 12.1 Å². The lowest BCUT2D eigenvalue weighted by Gasteiger charge is -2.13. The fourth-order valence-corrected chi connectivity index (χ4v) is 2.56. The van der Waals surface area contributed by atoms with Crippen LogP contribution in [0, 0.1) is 5.92 Å². The third-order valence-electron chi connectivity index (χ3n) is 3.62. The molecule has 1 heterocycles. The summed E-state index contributed by atoms with van der Waals surface area (Å²) in [7, 11) is 0. The van der Waals surface area contributed by atoms with Crippen molar-refractivity contribution in [1.29, 1.82) is 0 Å². The maximum Gasteiger partial charge on any atom is 0.416 e. The largest absolute Gasteiger partial charge is 0.416 e. The average Bonchev–Trinajstić information content (AvgIpc) is 2.99. The summed E-state index contributed by atoms with van der Waals surface area (Å²) in [5.41, 5.74) is -1.59. The Morgan fingerprint density at radius 2 is 2.00 bits per heavy atom. The lowest BCUT2D eigenvalue weighted by Crippen LogP contribution is -2.30. The van der Waals surface area contributed by atoms with E-state index < -0.39 is 34.9 Å². The van der Waals surface area contributed by atoms with E-state index in [1.807, 2.05) is 0 Å². The molecule has 3 rings (SSSR count). The SMILES string of the molecule is O=C1NC(=O)C2(c3cccc(C(F)(F)F)c3)CC12. The van der Waals surface area contributed by atoms with Crippen molar-refractivity contribution in [3.63, 3.8) is 0 Å². The first-order chi connectivity index (χ1) is 8.35. The van der Waals surface area contributed by atoms with E-state index in [4.69, 9.17) is 0 Å². The highest BCUT2D eigenvalue weighted by atomic mass is 19.4. The van der Waals surface area contributed by atoms with Crippen LogP contribution in [0.1, 0.15) is 17.5 Å². The number of imide groups is 1. The van der Waals surface area contributed by atoms with Gasteiger partial charge in [-0.25, -0.2) is 0 Å². The molecule has 0 aromatic heterocycles. The van der Waals surface area contributed by atoms with Crippen LogP contribution in [-0.4, -0.2) is 11.8 Å². The summed E-state index contributed by atoms with van der Waals surface area (Å²) in [6.07, 6.45) is -4.14. The van der Waals surface area contributed by atoms with Crippen LogP contribution in [-0.2, 0) is 21.2 Å².